The van der Waals surface area contributed by atoms with Crippen molar-refractivity contribution < 1.29 is 19.3 Å². The molecular weight excluding hydrogens is 270 g/mol. The first kappa shape index (κ1) is 18.1. The number of rotatable bonds is 11. The van der Waals surface area contributed by atoms with Crippen LogP contribution >= 0.6 is 0 Å². The number of hydrogen-bond acceptors (Lipinski definition) is 5. The molecule has 0 aliphatic heterocycles. The summed E-state index contributed by atoms with van der Waals surface area (Å²) in [6.07, 6.45) is -0.526. The van der Waals surface area contributed by atoms with E-state index >= 15 is 0 Å². The van der Waals surface area contributed by atoms with Gasteiger partial charge >= 0.3 is 0 Å². The third-order valence-corrected chi connectivity index (χ3v) is 2.99. The molecule has 21 heavy (non-hydrogen) atoms. The van der Waals surface area contributed by atoms with Crippen molar-refractivity contribution in [3.63, 3.8) is 0 Å². The van der Waals surface area contributed by atoms with Gasteiger partial charge in [-0.2, -0.15) is 0 Å². The first-order valence-corrected chi connectivity index (χ1v) is 7.21. The summed E-state index contributed by atoms with van der Waals surface area (Å²) in [5, 5.41) is 13.1. The van der Waals surface area contributed by atoms with Crippen LogP contribution in [0.2, 0.25) is 0 Å². The van der Waals surface area contributed by atoms with E-state index in [0.29, 0.717) is 32.9 Å². The fourth-order valence-corrected chi connectivity index (χ4v) is 2.00. The summed E-state index contributed by atoms with van der Waals surface area (Å²) in [6.45, 7) is 4.58. The van der Waals surface area contributed by atoms with Gasteiger partial charge in [-0.3, -0.25) is 0 Å². The van der Waals surface area contributed by atoms with Crippen LogP contribution in [0.3, 0.4) is 0 Å². The number of nitrogens with one attached hydrogen (secondary N) is 1. The summed E-state index contributed by atoms with van der Waals surface area (Å²) in [6, 6.07) is 8.19. The van der Waals surface area contributed by atoms with Crippen molar-refractivity contribution in [1.82, 2.24) is 5.32 Å². The van der Waals surface area contributed by atoms with Gasteiger partial charge in [0.2, 0.25) is 0 Å². The quantitative estimate of drug-likeness (QED) is 0.645. The van der Waals surface area contributed by atoms with E-state index in [1.165, 1.54) is 5.56 Å². The van der Waals surface area contributed by atoms with Gasteiger partial charge in [0.1, 0.15) is 0 Å². The van der Waals surface area contributed by atoms with Crippen LogP contribution in [0.25, 0.3) is 0 Å². The molecule has 0 bridgehead atoms. The highest BCUT2D eigenvalue weighted by Crippen LogP contribution is 2.06. The zero-order valence-corrected chi connectivity index (χ0v) is 13.2. The zero-order valence-electron chi connectivity index (χ0n) is 13.2. The third-order valence-electron chi connectivity index (χ3n) is 2.99. The molecule has 1 aromatic rings. The Kier molecular flexibility index (Phi) is 9.21. The number of methoxy groups -OCH3 is 2. The predicted octanol–water partition coefficient (Wildman–Crippen LogP) is 1.33. The van der Waals surface area contributed by atoms with Crippen LogP contribution in [0.1, 0.15) is 18.1 Å². The number of ether oxygens (including phenoxy) is 3. The molecule has 0 spiro atoms. The lowest BCUT2D eigenvalue weighted by Gasteiger charge is -2.16. The van der Waals surface area contributed by atoms with Crippen molar-refractivity contribution in [1.29, 1.82) is 0 Å². The molecule has 0 fully saturated rings. The minimum Gasteiger partial charge on any atom is -0.389 e. The molecule has 1 aromatic carbocycles. The largest absolute Gasteiger partial charge is 0.389 e. The van der Waals surface area contributed by atoms with E-state index in [4.69, 9.17) is 14.2 Å². The summed E-state index contributed by atoms with van der Waals surface area (Å²) < 4.78 is 15.6. The molecule has 0 radical (unpaired) electrons. The standard InChI is InChI=1S/C16H27NO4/c1-13(10-19-2)21-12-16(18)9-17-8-14-5-4-6-15(7-14)11-20-3/h4-7,13,16-18H,8-12H2,1-3H3. The molecule has 0 saturated heterocycles. The van der Waals surface area contributed by atoms with Crippen LogP contribution in [0.5, 0.6) is 0 Å². The molecule has 0 saturated carbocycles. The van der Waals surface area contributed by atoms with Gasteiger partial charge < -0.3 is 24.6 Å². The second-order valence-electron chi connectivity index (χ2n) is 5.14. The minimum atomic E-state index is -0.522. The van der Waals surface area contributed by atoms with Gasteiger partial charge in [0, 0.05) is 27.3 Å². The van der Waals surface area contributed by atoms with E-state index in [1.807, 2.05) is 19.1 Å². The van der Waals surface area contributed by atoms with Gasteiger partial charge in [-0.1, -0.05) is 24.3 Å². The Hall–Kier alpha value is -0.980. The fourth-order valence-electron chi connectivity index (χ4n) is 2.00. The molecule has 0 amide bonds. The minimum absolute atomic E-state index is 0.00428. The SMILES string of the molecule is COCc1cccc(CNCC(O)COC(C)COC)c1. The van der Waals surface area contributed by atoms with E-state index in [-0.39, 0.29) is 6.10 Å². The topological polar surface area (TPSA) is 60.0 Å². The summed E-state index contributed by atoms with van der Waals surface area (Å²) >= 11 is 0. The highest BCUT2D eigenvalue weighted by Gasteiger charge is 2.07. The zero-order chi connectivity index (χ0) is 15.5. The summed E-state index contributed by atoms with van der Waals surface area (Å²) in [4.78, 5) is 0. The Morgan fingerprint density at radius 2 is 1.90 bits per heavy atom. The van der Waals surface area contributed by atoms with Gasteiger partial charge in [-0.15, -0.1) is 0 Å². The Balaban J connectivity index is 2.21. The van der Waals surface area contributed by atoms with Crippen molar-refractivity contribution in [3.05, 3.63) is 35.4 Å². The molecule has 0 aliphatic rings. The van der Waals surface area contributed by atoms with E-state index in [0.717, 1.165) is 5.56 Å². The highest BCUT2D eigenvalue weighted by atomic mass is 16.5. The highest BCUT2D eigenvalue weighted by molar-refractivity contribution is 5.22. The van der Waals surface area contributed by atoms with Crippen molar-refractivity contribution >= 4 is 0 Å². The molecule has 5 heteroatoms. The van der Waals surface area contributed by atoms with Crippen molar-refractivity contribution in [2.75, 3.05) is 34.0 Å². The third kappa shape index (κ3) is 8.14. The summed E-state index contributed by atoms with van der Waals surface area (Å²) in [7, 11) is 3.32. The van der Waals surface area contributed by atoms with E-state index < -0.39 is 6.10 Å². The molecule has 2 N–H and O–H groups in total. The molecule has 0 heterocycles. The van der Waals surface area contributed by atoms with Crippen LogP contribution in [0.4, 0.5) is 0 Å². The number of benzene rings is 1. The molecule has 0 aliphatic carbocycles. The van der Waals surface area contributed by atoms with Gasteiger partial charge in [-0.05, 0) is 18.1 Å². The Labute approximate surface area is 127 Å². The van der Waals surface area contributed by atoms with Crippen LogP contribution in [-0.2, 0) is 27.4 Å². The van der Waals surface area contributed by atoms with Gasteiger partial charge in [-0.25, -0.2) is 0 Å². The predicted molar refractivity (Wildman–Crippen MR) is 82.2 cm³/mol. The molecule has 1 rings (SSSR count). The summed E-state index contributed by atoms with van der Waals surface area (Å²) in [5.74, 6) is 0. The number of aliphatic hydroxyl groups excluding tert-OH is 1. The lowest BCUT2D eigenvalue weighted by Crippen LogP contribution is -2.32. The molecule has 120 valence electrons. The second-order valence-corrected chi connectivity index (χ2v) is 5.14. The fraction of sp³-hybridized carbons (Fsp3) is 0.625. The van der Waals surface area contributed by atoms with Gasteiger partial charge in [0.15, 0.2) is 0 Å². The molecule has 0 aromatic heterocycles. The van der Waals surface area contributed by atoms with Gasteiger partial charge in [0.25, 0.3) is 0 Å². The van der Waals surface area contributed by atoms with Crippen molar-refractivity contribution in [3.8, 4) is 0 Å². The van der Waals surface area contributed by atoms with Gasteiger partial charge in [0.05, 0.1) is 32.0 Å². The molecule has 2 atom stereocenters. The second kappa shape index (κ2) is 10.7. The summed E-state index contributed by atoms with van der Waals surface area (Å²) in [5.41, 5.74) is 2.32. The van der Waals surface area contributed by atoms with Crippen LogP contribution in [-0.4, -0.2) is 51.3 Å². The Morgan fingerprint density at radius 1 is 1.14 bits per heavy atom. The van der Waals surface area contributed by atoms with Crippen molar-refractivity contribution in [2.45, 2.75) is 32.3 Å². The number of aliphatic hydroxyl groups is 1. The van der Waals surface area contributed by atoms with E-state index in [2.05, 4.69) is 17.4 Å². The molecule has 5 nitrogen and oxygen atoms in total. The lowest BCUT2D eigenvalue weighted by atomic mass is 10.1. The molecule has 2 unspecified atom stereocenters. The normalized spacial score (nSPS) is 14.1. The number of hydrogen-bond donors (Lipinski definition) is 2. The maximum absolute atomic E-state index is 9.83. The Bertz CT molecular complexity index is 386. The van der Waals surface area contributed by atoms with Crippen molar-refractivity contribution in [2.24, 2.45) is 0 Å². The Morgan fingerprint density at radius 3 is 2.62 bits per heavy atom. The first-order chi connectivity index (χ1) is 10.2. The van der Waals surface area contributed by atoms with Crippen LogP contribution < -0.4 is 5.32 Å². The molecular formula is C16H27NO4. The first-order valence-electron chi connectivity index (χ1n) is 7.21. The maximum atomic E-state index is 9.83. The monoisotopic (exact) mass is 297 g/mol. The van der Waals surface area contributed by atoms with Crippen LogP contribution in [0, 0.1) is 0 Å². The van der Waals surface area contributed by atoms with E-state index in [1.54, 1.807) is 14.2 Å². The average Bonchev–Trinajstić information content (AvgIpc) is 2.46. The van der Waals surface area contributed by atoms with Crippen LogP contribution in [0.15, 0.2) is 24.3 Å². The smallest absolute Gasteiger partial charge is 0.0897 e. The lowest BCUT2D eigenvalue weighted by molar-refractivity contribution is -0.0311. The van der Waals surface area contributed by atoms with E-state index in [9.17, 15) is 5.11 Å². The average molecular weight is 297 g/mol. The maximum Gasteiger partial charge on any atom is 0.0897 e.